The summed E-state index contributed by atoms with van der Waals surface area (Å²) in [6.45, 7) is 2.19. The number of hydrogen-bond donors (Lipinski definition) is 2. The highest BCUT2D eigenvalue weighted by molar-refractivity contribution is 5.82. The van der Waals surface area contributed by atoms with Crippen LogP contribution in [0.5, 0.6) is 0 Å². The first kappa shape index (κ1) is 12.5. The van der Waals surface area contributed by atoms with Crippen LogP contribution in [0.15, 0.2) is 42.6 Å². The molecule has 1 aromatic carbocycles. The second kappa shape index (κ2) is 5.30. The first-order valence-corrected chi connectivity index (χ1v) is 7.51. The Morgan fingerprint density at radius 2 is 1.90 bits per heavy atom. The van der Waals surface area contributed by atoms with Crippen LogP contribution in [0.25, 0.3) is 22.2 Å². The Labute approximate surface area is 123 Å². The molecule has 4 heteroatoms. The maximum absolute atomic E-state index is 4.52. The van der Waals surface area contributed by atoms with E-state index in [9.17, 15) is 0 Å². The lowest BCUT2D eigenvalue weighted by Gasteiger charge is -2.20. The number of benzene rings is 1. The Hall–Kier alpha value is -2.20. The molecule has 0 amide bonds. The van der Waals surface area contributed by atoms with Crippen LogP contribution in [0, 0.1) is 0 Å². The lowest BCUT2D eigenvalue weighted by atomic mass is 9.94. The maximum atomic E-state index is 4.52. The molecule has 2 aromatic heterocycles. The molecule has 0 radical (unpaired) electrons. The molecule has 0 bridgehead atoms. The van der Waals surface area contributed by atoms with Crippen molar-refractivity contribution < 1.29 is 0 Å². The molecule has 21 heavy (non-hydrogen) atoms. The van der Waals surface area contributed by atoms with Crippen molar-refractivity contribution in [2.45, 2.75) is 18.8 Å². The van der Waals surface area contributed by atoms with E-state index in [1.165, 1.54) is 18.5 Å². The van der Waals surface area contributed by atoms with Gasteiger partial charge in [-0.3, -0.25) is 10.1 Å². The Kier molecular flexibility index (Phi) is 3.16. The fourth-order valence-electron chi connectivity index (χ4n) is 3.04. The van der Waals surface area contributed by atoms with Crippen LogP contribution >= 0.6 is 0 Å². The number of aromatic amines is 1. The molecule has 0 saturated carbocycles. The molecule has 2 N–H and O–H groups in total. The van der Waals surface area contributed by atoms with Gasteiger partial charge in [-0.1, -0.05) is 18.2 Å². The quantitative estimate of drug-likeness (QED) is 0.757. The minimum absolute atomic E-state index is 0.598. The fourth-order valence-corrected chi connectivity index (χ4v) is 3.04. The number of hydrogen-bond acceptors (Lipinski definition) is 3. The van der Waals surface area contributed by atoms with E-state index < -0.39 is 0 Å². The number of H-pyrrole nitrogens is 1. The summed E-state index contributed by atoms with van der Waals surface area (Å²) >= 11 is 0. The van der Waals surface area contributed by atoms with Crippen molar-refractivity contribution in [3.8, 4) is 11.3 Å². The van der Waals surface area contributed by atoms with Crippen molar-refractivity contribution in [3.05, 3.63) is 48.3 Å². The molecular weight excluding hydrogens is 260 g/mol. The van der Waals surface area contributed by atoms with Gasteiger partial charge in [-0.2, -0.15) is 5.10 Å². The first-order valence-electron chi connectivity index (χ1n) is 7.51. The van der Waals surface area contributed by atoms with Crippen LogP contribution in [0.2, 0.25) is 0 Å². The second-order valence-corrected chi connectivity index (χ2v) is 5.65. The Balaban J connectivity index is 1.67. The number of rotatable bonds is 2. The predicted molar refractivity (Wildman–Crippen MR) is 84.2 cm³/mol. The molecule has 1 saturated heterocycles. The summed E-state index contributed by atoms with van der Waals surface area (Å²) in [6, 6.07) is 12.5. The molecule has 0 atom stereocenters. The van der Waals surface area contributed by atoms with Crippen molar-refractivity contribution in [3.63, 3.8) is 0 Å². The van der Waals surface area contributed by atoms with Crippen LogP contribution in [0.1, 0.15) is 24.5 Å². The van der Waals surface area contributed by atoms with Crippen molar-refractivity contribution in [1.82, 2.24) is 20.5 Å². The lowest BCUT2D eigenvalue weighted by molar-refractivity contribution is 0.453. The number of piperidine rings is 1. The molecule has 4 rings (SSSR count). The van der Waals surface area contributed by atoms with Crippen LogP contribution in [0.4, 0.5) is 0 Å². The van der Waals surface area contributed by atoms with E-state index in [1.807, 2.05) is 24.4 Å². The van der Waals surface area contributed by atoms with Crippen molar-refractivity contribution in [1.29, 1.82) is 0 Å². The number of para-hydroxylation sites is 1. The summed E-state index contributed by atoms with van der Waals surface area (Å²) in [7, 11) is 0. The summed E-state index contributed by atoms with van der Waals surface area (Å²) in [4.78, 5) is 4.52. The van der Waals surface area contributed by atoms with Gasteiger partial charge in [-0.15, -0.1) is 0 Å². The van der Waals surface area contributed by atoms with E-state index >= 15 is 0 Å². The highest BCUT2D eigenvalue weighted by Gasteiger charge is 2.17. The topological polar surface area (TPSA) is 53.6 Å². The SMILES string of the molecule is c1ccc2ncc(-c3cc(C4CCNCC4)[nH]n3)cc2c1. The zero-order chi connectivity index (χ0) is 14.1. The third-order valence-corrected chi connectivity index (χ3v) is 4.26. The molecule has 3 heterocycles. The van der Waals surface area contributed by atoms with Gasteiger partial charge < -0.3 is 5.32 Å². The second-order valence-electron chi connectivity index (χ2n) is 5.65. The Morgan fingerprint density at radius 1 is 1.05 bits per heavy atom. The average Bonchev–Trinajstić information content (AvgIpc) is 3.05. The average molecular weight is 278 g/mol. The standard InChI is InChI=1S/C17H18N4/c1-2-4-15-13(3-1)9-14(11-19-15)17-10-16(20-21-17)12-5-7-18-8-6-12/h1-4,9-12,18H,5-8H2,(H,20,21). The zero-order valence-electron chi connectivity index (χ0n) is 11.8. The van der Waals surface area contributed by atoms with E-state index in [0.29, 0.717) is 5.92 Å². The highest BCUT2D eigenvalue weighted by Crippen LogP contribution is 2.27. The fraction of sp³-hybridized carbons (Fsp3) is 0.294. The third kappa shape index (κ3) is 2.43. The van der Waals surface area contributed by atoms with Gasteiger partial charge in [0, 0.05) is 28.8 Å². The van der Waals surface area contributed by atoms with Crippen LogP contribution < -0.4 is 5.32 Å². The number of nitrogens with one attached hydrogen (secondary N) is 2. The minimum atomic E-state index is 0.598. The van der Waals surface area contributed by atoms with Crippen LogP contribution in [-0.4, -0.2) is 28.3 Å². The van der Waals surface area contributed by atoms with Gasteiger partial charge in [0.05, 0.1) is 11.2 Å². The summed E-state index contributed by atoms with van der Waals surface area (Å²) in [5.41, 5.74) is 4.34. The normalized spacial score (nSPS) is 16.4. The lowest BCUT2D eigenvalue weighted by Crippen LogP contribution is -2.26. The van der Waals surface area contributed by atoms with Gasteiger partial charge in [-0.05, 0) is 44.1 Å². The minimum Gasteiger partial charge on any atom is -0.317 e. The van der Waals surface area contributed by atoms with Crippen molar-refractivity contribution in [2.75, 3.05) is 13.1 Å². The molecule has 0 spiro atoms. The number of nitrogens with zero attached hydrogens (tertiary/aromatic N) is 2. The molecule has 0 unspecified atom stereocenters. The highest BCUT2D eigenvalue weighted by atomic mass is 15.1. The van der Waals surface area contributed by atoms with E-state index in [4.69, 9.17) is 0 Å². The summed E-state index contributed by atoms with van der Waals surface area (Å²) < 4.78 is 0. The molecular formula is C17H18N4. The Morgan fingerprint density at radius 3 is 2.81 bits per heavy atom. The first-order chi connectivity index (χ1) is 10.4. The van der Waals surface area contributed by atoms with E-state index in [1.54, 1.807) is 0 Å². The van der Waals surface area contributed by atoms with E-state index in [0.717, 1.165) is 35.2 Å². The maximum Gasteiger partial charge on any atom is 0.0939 e. The van der Waals surface area contributed by atoms with E-state index in [-0.39, 0.29) is 0 Å². The number of aromatic nitrogens is 3. The van der Waals surface area contributed by atoms with E-state index in [2.05, 4.69) is 38.7 Å². The molecule has 106 valence electrons. The summed E-state index contributed by atoms with van der Waals surface area (Å²) in [5, 5.41) is 12.3. The Bertz CT molecular complexity index is 756. The van der Waals surface area contributed by atoms with Gasteiger partial charge in [-0.25, -0.2) is 0 Å². The molecule has 0 aliphatic carbocycles. The van der Waals surface area contributed by atoms with Crippen molar-refractivity contribution >= 4 is 10.9 Å². The summed E-state index contributed by atoms with van der Waals surface area (Å²) in [5.74, 6) is 0.598. The monoisotopic (exact) mass is 278 g/mol. The van der Waals surface area contributed by atoms with Crippen LogP contribution in [-0.2, 0) is 0 Å². The van der Waals surface area contributed by atoms with Gasteiger partial charge in [0.1, 0.15) is 0 Å². The molecule has 4 nitrogen and oxygen atoms in total. The molecule has 1 fully saturated rings. The van der Waals surface area contributed by atoms with Gasteiger partial charge in [0.2, 0.25) is 0 Å². The number of fused-ring (bicyclic) bond motifs is 1. The smallest absolute Gasteiger partial charge is 0.0939 e. The molecule has 1 aliphatic heterocycles. The molecule has 3 aromatic rings. The van der Waals surface area contributed by atoms with Gasteiger partial charge in [0.15, 0.2) is 0 Å². The third-order valence-electron chi connectivity index (χ3n) is 4.26. The number of pyridine rings is 1. The van der Waals surface area contributed by atoms with Gasteiger partial charge >= 0.3 is 0 Å². The zero-order valence-corrected chi connectivity index (χ0v) is 11.8. The van der Waals surface area contributed by atoms with Crippen LogP contribution in [0.3, 0.4) is 0 Å². The van der Waals surface area contributed by atoms with Gasteiger partial charge in [0.25, 0.3) is 0 Å². The molecule has 1 aliphatic rings. The summed E-state index contributed by atoms with van der Waals surface area (Å²) in [6.07, 6.45) is 4.26. The van der Waals surface area contributed by atoms with Crippen molar-refractivity contribution in [2.24, 2.45) is 0 Å². The largest absolute Gasteiger partial charge is 0.317 e. The predicted octanol–water partition coefficient (Wildman–Crippen LogP) is 3.09.